The Hall–Kier alpha value is -1.43. The van der Waals surface area contributed by atoms with Gasteiger partial charge in [0.25, 0.3) is 0 Å². The largest absolute Gasteiger partial charge is 0.353 e. The Bertz CT molecular complexity index is 602. The smallest absolute Gasteiger partial charge is 0.240 e. The van der Waals surface area contributed by atoms with Gasteiger partial charge < -0.3 is 9.84 Å². The zero-order valence-electron chi connectivity index (χ0n) is 16.7. The van der Waals surface area contributed by atoms with Crippen LogP contribution in [0, 0.1) is 11.8 Å². The first kappa shape index (κ1) is 19.3. The predicted molar refractivity (Wildman–Crippen MR) is 100 cm³/mol. The number of carbonyl (C=O) groups excluding carboxylic acids is 1. The van der Waals surface area contributed by atoms with Crippen LogP contribution in [-0.4, -0.2) is 39.1 Å². The molecule has 6 nitrogen and oxygen atoms in total. The summed E-state index contributed by atoms with van der Waals surface area (Å²) in [6.45, 7) is 9.20. The molecular formula is C20H34N4O2. The molecule has 1 saturated carbocycles. The third-order valence-electron chi connectivity index (χ3n) is 6.37. The van der Waals surface area contributed by atoms with E-state index in [-0.39, 0.29) is 17.9 Å². The van der Waals surface area contributed by atoms with E-state index in [4.69, 9.17) is 4.52 Å². The van der Waals surface area contributed by atoms with Gasteiger partial charge in [-0.3, -0.25) is 9.69 Å². The van der Waals surface area contributed by atoms with Gasteiger partial charge in [0.1, 0.15) is 0 Å². The van der Waals surface area contributed by atoms with Crippen LogP contribution in [-0.2, 0) is 17.8 Å². The summed E-state index contributed by atoms with van der Waals surface area (Å²) in [5.41, 5.74) is 0. The lowest BCUT2D eigenvalue weighted by Gasteiger charge is -2.50. The van der Waals surface area contributed by atoms with Gasteiger partial charge >= 0.3 is 0 Å². The fourth-order valence-corrected chi connectivity index (χ4v) is 4.71. The number of amides is 1. The monoisotopic (exact) mass is 362 g/mol. The Kier molecular flexibility index (Phi) is 6.33. The molecule has 2 aliphatic rings. The highest BCUT2D eigenvalue weighted by atomic mass is 16.5. The molecule has 3 rings (SSSR count). The van der Waals surface area contributed by atoms with Crippen molar-refractivity contribution in [3.63, 3.8) is 0 Å². The number of hydrogen-bond acceptors (Lipinski definition) is 5. The molecule has 1 aliphatic heterocycles. The number of rotatable bonds is 6. The normalized spacial score (nSPS) is 30.6. The maximum atomic E-state index is 12.9. The van der Waals surface area contributed by atoms with Crippen molar-refractivity contribution in [1.82, 2.24) is 20.4 Å². The minimum atomic E-state index is 0.134. The van der Waals surface area contributed by atoms with E-state index >= 15 is 0 Å². The SMILES string of the molecule is CCc1noc(CN2[C@H](C)C[C@H](C(=O)N[C@H](C)CC)[C@@H]3CCCC[C@@H]32)n1. The number of carbonyl (C=O) groups is 1. The highest BCUT2D eigenvalue weighted by Gasteiger charge is 2.45. The lowest BCUT2D eigenvalue weighted by Crippen LogP contribution is -2.57. The van der Waals surface area contributed by atoms with Gasteiger partial charge in [-0.1, -0.05) is 31.8 Å². The molecule has 1 aromatic heterocycles. The summed E-state index contributed by atoms with van der Waals surface area (Å²) in [4.78, 5) is 19.9. The second-order valence-corrected chi connectivity index (χ2v) is 8.15. The van der Waals surface area contributed by atoms with Crippen molar-refractivity contribution in [1.29, 1.82) is 0 Å². The zero-order valence-corrected chi connectivity index (χ0v) is 16.7. The van der Waals surface area contributed by atoms with E-state index in [2.05, 4.69) is 41.1 Å². The van der Waals surface area contributed by atoms with E-state index in [0.29, 0.717) is 30.4 Å². The lowest BCUT2D eigenvalue weighted by atomic mass is 9.69. The van der Waals surface area contributed by atoms with E-state index < -0.39 is 0 Å². The van der Waals surface area contributed by atoms with Crippen LogP contribution in [0.3, 0.4) is 0 Å². The van der Waals surface area contributed by atoms with Crippen LogP contribution in [0.4, 0.5) is 0 Å². The molecule has 1 N–H and O–H groups in total. The first-order valence-electron chi connectivity index (χ1n) is 10.4. The van der Waals surface area contributed by atoms with E-state index in [1.54, 1.807) is 0 Å². The molecule has 1 aliphatic carbocycles. The summed E-state index contributed by atoms with van der Waals surface area (Å²) in [7, 11) is 0. The summed E-state index contributed by atoms with van der Waals surface area (Å²) in [6.07, 6.45) is 7.48. The van der Waals surface area contributed by atoms with Crippen LogP contribution in [0.25, 0.3) is 0 Å². The van der Waals surface area contributed by atoms with Gasteiger partial charge in [-0.15, -0.1) is 0 Å². The van der Waals surface area contributed by atoms with Crippen molar-refractivity contribution in [2.75, 3.05) is 0 Å². The molecule has 0 unspecified atom stereocenters. The average Bonchev–Trinajstić information content (AvgIpc) is 3.11. The third kappa shape index (κ3) is 4.11. The van der Waals surface area contributed by atoms with Crippen molar-refractivity contribution in [3.8, 4) is 0 Å². The van der Waals surface area contributed by atoms with Crippen molar-refractivity contribution < 1.29 is 9.32 Å². The minimum Gasteiger partial charge on any atom is -0.353 e. The molecule has 1 saturated heterocycles. The number of nitrogens with zero attached hydrogens (tertiary/aromatic N) is 3. The number of aryl methyl sites for hydroxylation is 1. The second-order valence-electron chi connectivity index (χ2n) is 8.15. The molecule has 0 radical (unpaired) electrons. The summed E-state index contributed by atoms with van der Waals surface area (Å²) >= 11 is 0. The zero-order chi connectivity index (χ0) is 18.7. The molecule has 2 heterocycles. The maximum absolute atomic E-state index is 12.9. The number of likely N-dealkylation sites (tertiary alicyclic amines) is 1. The molecule has 1 aromatic rings. The fraction of sp³-hybridized carbons (Fsp3) is 0.850. The summed E-state index contributed by atoms with van der Waals surface area (Å²) in [6, 6.07) is 1.04. The molecule has 146 valence electrons. The first-order chi connectivity index (χ1) is 12.5. The summed E-state index contributed by atoms with van der Waals surface area (Å²) < 4.78 is 5.45. The number of hydrogen-bond donors (Lipinski definition) is 1. The molecule has 2 fully saturated rings. The summed E-state index contributed by atoms with van der Waals surface area (Å²) in [5, 5.41) is 7.27. The Labute approximate surface area is 157 Å². The van der Waals surface area contributed by atoms with Crippen LogP contribution in [0.2, 0.25) is 0 Å². The number of nitrogens with one attached hydrogen (secondary N) is 1. The molecule has 0 bridgehead atoms. The molecule has 5 atom stereocenters. The van der Waals surface area contributed by atoms with Crippen molar-refractivity contribution in [2.24, 2.45) is 11.8 Å². The van der Waals surface area contributed by atoms with Gasteiger partial charge in [-0.25, -0.2) is 0 Å². The van der Waals surface area contributed by atoms with Gasteiger partial charge in [-0.2, -0.15) is 4.98 Å². The Balaban J connectivity index is 1.74. The van der Waals surface area contributed by atoms with Gasteiger partial charge in [0.2, 0.25) is 11.8 Å². The highest BCUT2D eigenvalue weighted by Crippen LogP contribution is 2.42. The molecule has 0 spiro atoms. The van der Waals surface area contributed by atoms with Crippen LogP contribution < -0.4 is 5.32 Å². The fourth-order valence-electron chi connectivity index (χ4n) is 4.71. The lowest BCUT2D eigenvalue weighted by molar-refractivity contribution is -0.134. The number of piperidine rings is 1. The van der Waals surface area contributed by atoms with Crippen LogP contribution in [0.1, 0.15) is 77.9 Å². The Morgan fingerprint density at radius 1 is 1.35 bits per heavy atom. The van der Waals surface area contributed by atoms with Crippen molar-refractivity contribution in [2.45, 2.75) is 97.3 Å². The molecular weight excluding hydrogens is 328 g/mol. The van der Waals surface area contributed by atoms with E-state index in [1.165, 1.54) is 12.8 Å². The summed E-state index contributed by atoms with van der Waals surface area (Å²) in [5.74, 6) is 2.32. The van der Waals surface area contributed by atoms with Crippen LogP contribution >= 0.6 is 0 Å². The van der Waals surface area contributed by atoms with E-state index in [9.17, 15) is 4.79 Å². The number of fused-ring (bicyclic) bond motifs is 1. The number of aromatic nitrogens is 2. The average molecular weight is 363 g/mol. The van der Waals surface area contributed by atoms with Gasteiger partial charge in [0.05, 0.1) is 6.54 Å². The van der Waals surface area contributed by atoms with Gasteiger partial charge in [0, 0.05) is 30.5 Å². The third-order valence-corrected chi connectivity index (χ3v) is 6.37. The molecule has 1 amide bonds. The first-order valence-corrected chi connectivity index (χ1v) is 10.4. The van der Waals surface area contributed by atoms with E-state index in [1.807, 2.05) is 6.92 Å². The Morgan fingerprint density at radius 3 is 2.81 bits per heavy atom. The van der Waals surface area contributed by atoms with Crippen molar-refractivity contribution >= 4 is 5.91 Å². The second kappa shape index (κ2) is 8.51. The maximum Gasteiger partial charge on any atom is 0.240 e. The van der Waals surface area contributed by atoms with Crippen LogP contribution in [0.15, 0.2) is 4.52 Å². The molecule has 0 aromatic carbocycles. The standard InChI is InChI=1S/C20H34N4O2/c1-5-13(3)21-20(25)16-11-14(4)24(17-10-8-7-9-15(16)17)12-19-22-18(6-2)23-26-19/h13-17H,5-12H2,1-4H3,(H,21,25)/t13-,14-,15+,16+,17+/m1/s1. The highest BCUT2D eigenvalue weighted by molar-refractivity contribution is 5.79. The van der Waals surface area contributed by atoms with E-state index in [0.717, 1.165) is 37.9 Å². The Morgan fingerprint density at radius 2 is 2.12 bits per heavy atom. The molecule has 26 heavy (non-hydrogen) atoms. The van der Waals surface area contributed by atoms with Gasteiger partial charge in [-0.05, 0) is 45.4 Å². The van der Waals surface area contributed by atoms with Crippen molar-refractivity contribution in [3.05, 3.63) is 11.7 Å². The topological polar surface area (TPSA) is 71.3 Å². The predicted octanol–water partition coefficient (Wildman–Crippen LogP) is 3.32. The van der Waals surface area contributed by atoms with Gasteiger partial charge in [0.15, 0.2) is 5.82 Å². The van der Waals surface area contributed by atoms with Crippen LogP contribution in [0.5, 0.6) is 0 Å². The minimum absolute atomic E-state index is 0.134. The quantitative estimate of drug-likeness (QED) is 0.840. The molecule has 6 heteroatoms.